The molecule has 1 aliphatic rings. The van der Waals surface area contributed by atoms with Gasteiger partial charge in [0.05, 0.1) is 18.9 Å². The molecule has 1 aromatic heterocycles. The number of hydrogen-bond acceptors (Lipinski definition) is 4. The molecule has 2 atom stereocenters. The maximum Gasteiger partial charge on any atom is 0.163 e. The predicted octanol–water partition coefficient (Wildman–Crippen LogP) is 1.43. The second-order valence-electron chi connectivity index (χ2n) is 3.91. The van der Waals surface area contributed by atoms with E-state index >= 15 is 0 Å². The number of nitrogens with two attached hydrogens (primary N) is 1. The van der Waals surface area contributed by atoms with Gasteiger partial charge in [0.25, 0.3) is 0 Å². The van der Waals surface area contributed by atoms with Crippen LogP contribution in [0.25, 0.3) is 0 Å². The molecule has 0 aliphatic carbocycles. The van der Waals surface area contributed by atoms with E-state index in [0.29, 0.717) is 6.61 Å². The Kier molecular flexibility index (Phi) is 2.34. The summed E-state index contributed by atoms with van der Waals surface area (Å²) in [4.78, 5) is 0. The van der Waals surface area contributed by atoms with Crippen LogP contribution in [0.5, 0.6) is 0 Å². The molecule has 4 nitrogen and oxygen atoms in total. The molecular weight excluding hydrogens is 182 g/mol. The van der Waals surface area contributed by atoms with Crippen LogP contribution in [0.15, 0.2) is 22.8 Å². The van der Waals surface area contributed by atoms with E-state index in [1.54, 1.807) is 6.26 Å². The van der Waals surface area contributed by atoms with E-state index in [9.17, 15) is 0 Å². The molecule has 1 aliphatic heterocycles. The van der Waals surface area contributed by atoms with Crippen molar-refractivity contribution in [1.29, 1.82) is 0 Å². The highest BCUT2D eigenvalue weighted by molar-refractivity contribution is 5.06. The molecule has 1 fully saturated rings. The summed E-state index contributed by atoms with van der Waals surface area (Å²) < 4.78 is 16.3. The van der Waals surface area contributed by atoms with E-state index in [1.165, 1.54) is 0 Å². The molecule has 1 aromatic rings. The minimum atomic E-state index is -0.533. The van der Waals surface area contributed by atoms with Gasteiger partial charge < -0.3 is 19.6 Å². The second-order valence-corrected chi connectivity index (χ2v) is 3.91. The van der Waals surface area contributed by atoms with Crippen molar-refractivity contribution < 1.29 is 13.9 Å². The lowest BCUT2D eigenvalue weighted by atomic mass is 10.1. The van der Waals surface area contributed by atoms with E-state index in [4.69, 9.17) is 19.6 Å². The SMILES string of the molecule is CC1(C)OCC(C(N)c2ccco2)O1. The highest BCUT2D eigenvalue weighted by atomic mass is 16.7. The van der Waals surface area contributed by atoms with Crippen molar-refractivity contribution in [3.63, 3.8) is 0 Å². The lowest BCUT2D eigenvalue weighted by Gasteiger charge is -2.19. The van der Waals surface area contributed by atoms with Crippen LogP contribution in [0.4, 0.5) is 0 Å². The summed E-state index contributed by atoms with van der Waals surface area (Å²) in [5, 5.41) is 0. The van der Waals surface area contributed by atoms with Gasteiger partial charge in [0.15, 0.2) is 5.79 Å². The molecule has 0 bridgehead atoms. The van der Waals surface area contributed by atoms with Gasteiger partial charge in [-0.1, -0.05) is 0 Å². The third-order valence-corrected chi connectivity index (χ3v) is 2.30. The molecule has 4 heteroatoms. The fourth-order valence-corrected chi connectivity index (χ4v) is 1.56. The fourth-order valence-electron chi connectivity index (χ4n) is 1.56. The van der Waals surface area contributed by atoms with Gasteiger partial charge in [0, 0.05) is 0 Å². The van der Waals surface area contributed by atoms with E-state index in [1.807, 2.05) is 26.0 Å². The topological polar surface area (TPSA) is 57.6 Å². The molecule has 78 valence electrons. The minimum Gasteiger partial charge on any atom is -0.468 e. The molecule has 0 spiro atoms. The van der Waals surface area contributed by atoms with E-state index in [-0.39, 0.29) is 12.1 Å². The molecule has 14 heavy (non-hydrogen) atoms. The number of hydrogen-bond donors (Lipinski definition) is 1. The van der Waals surface area contributed by atoms with Crippen molar-refractivity contribution in [2.24, 2.45) is 5.73 Å². The van der Waals surface area contributed by atoms with Crippen molar-refractivity contribution in [2.75, 3.05) is 6.61 Å². The van der Waals surface area contributed by atoms with Crippen LogP contribution >= 0.6 is 0 Å². The summed E-state index contributed by atoms with van der Waals surface area (Å²) in [6, 6.07) is 3.40. The molecular formula is C10H15NO3. The van der Waals surface area contributed by atoms with E-state index in [0.717, 1.165) is 5.76 Å². The zero-order chi connectivity index (χ0) is 10.2. The summed E-state index contributed by atoms with van der Waals surface area (Å²) in [5.74, 6) is 0.200. The lowest BCUT2D eigenvalue weighted by molar-refractivity contribution is -0.141. The maximum atomic E-state index is 5.97. The van der Waals surface area contributed by atoms with Crippen LogP contribution in [-0.2, 0) is 9.47 Å². The molecule has 2 heterocycles. The van der Waals surface area contributed by atoms with E-state index in [2.05, 4.69) is 0 Å². The zero-order valence-corrected chi connectivity index (χ0v) is 8.40. The van der Waals surface area contributed by atoms with Crippen LogP contribution in [-0.4, -0.2) is 18.5 Å². The molecule has 2 rings (SSSR count). The Morgan fingerprint density at radius 3 is 2.86 bits per heavy atom. The Bertz CT molecular complexity index is 294. The Hall–Kier alpha value is -0.840. The van der Waals surface area contributed by atoms with Crippen molar-refractivity contribution in [3.05, 3.63) is 24.2 Å². The molecule has 0 amide bonds. The molecule has 2 N–H and O–H groups in total. The van der Waals surface area contributed by atoms with Gasteiger partial charge in [0.2, 0.25) is 0 Å². The summed E-state index contributed by atoms with van der Waals surface area (Å²) in [5.41, 5.74) is 5.97. The van der Waals surface area contributed by atoms with Crippen LogP contribution in [0.3, 0.4) is 0 Å². The predicted molar refractivity (Wildman–Crippen MR) is 50.5 cm³/mol. The number of ether oxygens (including phenoxy) is 2. The Balaban J connectivity index is 2.04. The highest BCUT2D eigenvalue weighted by Gasteiger charge is 2.37. The first-order chi connectivity index (χ1) is 6.58. The van der Waals surface area contributed by atoms with Crippen molar-refractivity contribution in [3.8, 4) is 0 Å². The lowest BCUT2D eigenvalue weighted by Crippen LogP contribution is -2.30. The summed E-state index contributed by atoms with van der Waals surface area (Å²) in [7, 11) is 0. The average Bonchev–Trinajstić information content (AvgIpc) is 2.72. The maximum absolute atomic E-state index is 5.97. The molecule has 0 radical (unpaired) electrons. The fraction of sp³-hybridized carbons (Fsp3) is 0.600. The highest BCUT2D eigenvalue weighted by Crippen LogP contribution is 2.29. The van der Waals surface area contributed by atoms with Gasteiger partial charge in [-0.2, -0.15) is 0 Å². The Morgan fingerprint density at radius 1 is 1.57 bits per heavy atom. The van der Waals surface area contributed by atoms with Crippen LogP contribution < -0.4 is 5.73 Å². The molecule has 1 saturated heterocycles. The van der Waals surface area contributed by atoms with Gasteiger partial charge in [-0.3, -0.25) is 0 Å². The first-order valence-corrected chi connectivity index (χ1v) is 4.69. The number of furan rings is 1. The van der Waals surface area contributed by atoms with Crippen LogP contribution in [0, 0.1) is 0 Å². The summed E-state index contributed by atoms with van der Waals surface area (Å²) in [6.07, 6.45) is 1.48. The standard InChI is InChI=1S/C10H15NO3/c1-10(2)13-6-8(14-10)9(11)7-4-3-5-12-7/h3-5,8-9H,6,11H2,1-2H3. The first-order valence-electron chi connectivity index (χ1n) is 4.69. The van der Waals surface area contributed by atoms with Gasteiger partial charge in [-0.25, -0.2) is 0 Å². The Morgan fingerprint density at radius 2 is 2.36 bits per heavy atom. The van der Waals surface area contributed by atoms with Gasteiger partial charge in [-0.15, -0.1) is 0 Å². The van der Waals surface area contributed by atoms with Gasteiger partial charge >= 0.3 is 0 Å². The monoisotopic (exact) mass is 197 g/mol. The minimum absolute atomic E-state index is 0.129. The largest absolute Gasteiger partial charge is 0.468 e. The van der Waals surface area contributed by atoms with Crippen LogP contribution in [0.1, 0.15) is 25.6 Å². The first kappa shape index (κ1) is 9.71. The second kappa shape index (κ2) is 3.38. The average molecular weight is 197 g/mol. The van der Waals surface area contributed by atoms with Gasteiger partial charge in [0.1, 0.15) is 11.9 Å². The molecule has 2 unspecified atom stereocenters. The third-order valence-electron chi connectivity index (χ3n) is 2.30. The molecule has 0 saturated carbocycles. The quantitative estimate of drug-likeness (QED) is 0.779. The Labute approximate surface area is 83.0 Å². The smallest absolute Gasteiger partial charge is 0.163 e. The summed E-state index contributed by atoms with van der Waals surface area (Å²) >= 11 is 0. The third kappa shape index (κ3) is 1.82. The van der Waals surface area contributed by atoms with E-state index < -0.39 is 5.79 Å². The van der Waals surface area contributed by atoms with Gasteiger partial charge in [-0.05, 0) is 26.0 Å². The summed E-state index contributed by atoms with van der Waals surface area (Å²) in [6.45, 7) is 4.26. The number of rotatable bonds is 2. The van der Waals surface area contributed by atoms with Crippen molar-refractivity contribution in [1.82, 2.24) is 0 Å². The molecule has 0 aromatic carbocycles. The normalized spacial score (nSPS) is 27.8. The van der Waals surface area contributed by atoms with Crippen LogP contribution in [0.2, 0.25) is 0 Å². The zero-order valence-electron chi connectivity index (χ0n) is 8.40. The van der Waals surface area contributed by atoms with Crippen molar-refractivity contribution >= 4 is 0 Å². The van der Waals surface area contributed by atoms with Crippen molar-refractivity contribution in [2.45, 2.75) is 31.8 Å².